The lowest BCUT2D eigenvalue weighted by molar-refractivity contribution is 0.662. The molecule has 0 radical (unpaired) electrons. The van der Waals surface area contributed by atoms with Gasteiger partial charge in [0.2, 0.25) is 0 Å². The van der Waals surface area contributed by atoms with Crippen LogP contribution in [0.4, 0.5) is 0 Å². The zero-order valence-electron chi connectivity index (χ0n) is 9.81. The molecule has 0 saturated heterocycles. The fourth-order valence-corrected chi connectivity index (χ4v) is 3.93. The van der Waals surface area contributed by atoms with Gasteiger partial charge in [-0.05, 0) is 50.1 Å². The van der Waals surface area contributed by atoms with Crippen LogP contribution in [0.5, 0.6) is 0 Å². The topological polar surface area (TPSA) is 42.2 Å². The molecule has 0 saturated carbocycles. The van der Waals surface area contributed by atoms with Gasteiger partial charge in [-0.3, -0.25) is 4.40 Å². The van der Waals surface area contributed by atoms with Crippen LogP contribution in [0.15, 0.2) is 38.7 Å². The summed E-state index contributed by atoms with van der Waals surface area (Å²) in [6.07, 6.45) is 1.98. The van der Waals surface area contributed by atoms with E-state index in [1.54, 1.807) is 11.3 Å². The molecule has 3 rings (SSSR count). The Labute approximate surface area is 131 Å². The van der Waals surface area contributed by atoms with Crippen LogP contribution in [0.3, 0.4) is 0 Å². The van der Waals surface area contributed by atoms with Crippen LogP contribution in [0.2, 0.25) is 0 Å². The second-order valence-corrected chi connectivity index (χ2v) is 7.29. The first-order valence-electron chi connectivity index (χ1n) is 5.67. The Morgan fingerprint density at radius 1 is 1.21 bits per heavy atom. The van der Waals surface area contributed by atoms with Crippen LogP contribution >= 0.6 is 43.2 Å². The van der Waals surface area contributed by atoms with Gasteiger partial charge in [-0.15, -0.1) is 21.5 Å². The first-order chi connectivity index (χ1) is 9.24. The predicted molar refractivity (Wildman–Crippen MR) is 83.2 cm³/mol. The Hall–Kier alpha value is -0.760. The van der Waals surface area contributed by atoms with Crippen molar-refractivity contribution in [3.63, 3.8) is 0 Å². The van der Waals surface area contributed by atoms with Gasteiger partial charge in [0.1, 0.15) is 0 Å². The average Bonchev–Trinajstić information content (AvgIpc) is 2.95. The molecule has 0 bridgehead atoms. The first kappa shape index (κ1) is 13.2. The molecule has 0 aromatic carbocycles. The highest BCUT2D eigenvalue weighted by atomic mass is 79.9. The lowest BCUT2D eigenvalue weighted by Crippen LogP contribution is -2.14. The largest absolute Gasteiger partial charge is 0.305 e. The Morgan fingerprint density at radius 2 is 2.11 bits per heavy atom. The van der Waals surface area contributed by atoms with Crippen molar-refractivity contribution < 1.29 is 0 Å². The summed E-state index contributed by atoms with van der Waals surface area (Å²) in [7, 11) is 0. The maximum absolute atomic E-state index is 4.18. The monoisotopic (exact) mass is 400 g/mol. The normalized spacial score (nSPS) is 11.3. The predicted octanol–water partition coefficient (Wildman–Crippen LogP) is 3.61. The molecule has 3 heterocycles. The summed E-state index contributed by atoms with van der Waals surface area (Å²) in [5.41, 5.74) is 0.876. The molecule has 0 fully saturated rings. The van der Waals surface area contributed by atoms with Gasteiger partial charge in [-0.25, -0.2) is 0 Å². The molecule has 7 heteroatoms. The molecule has 0 spiro atoms. The van der Waals surface area contributed by atoms with Gasteiger partial charge in [-0.2, -0.15) is 0 Å². The SMILES string of the molecule is Brc1cc(CNCc2nnc3ccccn23)sc1Br. The number of nitrogens with zero attached hydrogens (tertiary/aromatic N) is 3. The zero-order valence-corrected chi connectivity index (χ0v) is 13.8. The van der Waals surface area contributed by atoms with Crippen LogP contribution in [0, 0.1) is 0 Å². The number of nitrogens with one attached hydrogen (secondary N) is 1. The van der Waals surface area contributed by atoms with E-state index in [1.165, 1.54) is 4.88 Å². The maximum atomic E-state index is 4.18. The van der Waals surface area contributed by atoms with E-state index in [9.17, 15) is 0 Å². The van der Waals surface area contributed by atoms with Crippen LogP contribution in [0.1, 0.15) is 10.7 Å². The summed E-state index contributed by atoms with van der Waals surface area (Å²) in [6, 6.07) is 8.00. The summed E-state index contributed by atoms with van der Waals surface area (Å²) in [6.45, 7) is 1.51. The van der Waals surface area contributed by atoms with Gasteiger partial charge in [0, 0.05) is 22.1 Å². The smallest absolute Gasteiger partial charge is 0.160 e. The van der Waals surface area contributed by atoms with Crippen molar-refractivity contribution >= 4 is 48.8 Å². The van der Waals surface area contributed by atoms with Gasteiger partial charge in [0.15, 0.2) is 11.5 Å². The van der Waals surface area contributed by atoms with Crippen molar-refractivity contribution in [1.82, 2.24) is 19.9 Å². The highest BCUT2D eigenvalue weighted by molar-refractivity contribution is 9.13. The number of pyridine rings is 1. The Bertz CT molecular complexity index is 687. The summed E-state index contributed by atoms with van der Waals surface area (Å²) < 4.78 is 4.22. The molecule has 1 N–H and O–H groups in total. The summed E-state index contributed by atoms with van der Waals surface area (Å²) >= 11 is 8.70. The lowest BCUT2D eigenvalue weighted by Gasteiger charge is -2.01. The van der Waals surface area contributed by atoms with Gasteiger partial charge < -0.3 is 5.32 Å². The van der Waals surface area contributed by atoms with Gasteiger partial charge >= 0.3 is 0 Å². The molecule has 0 unspecified atom stereocenters. The van der Waals surface area contributed by atoms with E-state index >= 15 is 0 Å². The Balaban J connectivity index is 1.66. The number of thiophene rings is 1. The van der Waals surface area contributed by atoms with Crippen molar-refractivity contribution in [3.05, 3.63) is 49.4 Å². The molecular weight excluding hydrogens is 392 g/mol. The fourth-order valence-electron chi connectivity index (χ4n) is 1.79. The van der Waals surface area contributed by atoms with Crippen molar-refractivity contribution in [2.24, 2.45) is 0 Å². The molecule has 4 nitrogen and oxygen atoms in total. The minimum absolute atomic E-state index is 0.693. The summed E-state index contributed by atoms with van der Waals surface area (Å²) in [4.78, 5) is 1.27. The molecule has 0 atom stereocenters. The number of halogens is 2. The minimum Gasteiger partial charge on any atom is -0.305 e. The third-order valence-corrected chi connectivity index (χ3v) is 5.92. The van der Waals surface area contributed by atoms with E-state index in [2.05, 4.69) is 53.4 Å². The van der Waals surface area contributed by atoms with E-state index in [1.807, 2.05) is 28.8 Å². The molecule has 0 aliphatic heterocycles. The van der Waals surface area contributed by atoms with Crippen molar-refractivity contribution in [2.75, 3.05) is 0 Å². The van der Waals surface area contributed by atoms with Crippen molar-refractivity contribution in [1.29, 1.82) is 0 Å². The highest BCUT2D eigenvalue weighted by Crippen LogP contribution is 2.32. The Morgan fingerprint density at radius 3 is 2.89 bits per heavy atom. The summed E-state index contributed by atoms with van der Waals surface area (Å²) in [5.74, 6) is 0.922. The number of fused-ring (bicyclic) bond motifs is 1. The van der Waals surface area contributed by atoms with E-state index in [-0.39, 0.29) is 0 Å². The third kappa shape index (κ3) is 2.89. The van der Waals surface area contributed by atoms with Crippen molar-refractivity contribution in [2.45, 2.75) is 13.1 Å². The lowest BCUT2D eigenvalue weighted by atomic mass is 10.4. The molecule has 0 amide bonds. The highest BCUT2D eigenvalue weighted by Gasteiger charge is 2.06. The van der Waals surface area contributed by atoms with Crippen molar-refractivity contribution in [3.8, 4) is 0 Å². The molecule has 3 aromatic rings. The van der Waals surface area contributed by atoms with E-state index in [0.717, 1.165) is 26.3 Å². The average molecular weight is 402 g/mol. The molecule has 3 aromatic heterocycles. The van der Waals surface area contributed by atoms with Gasteiger partial charge in [0.05, 0.1) is 10.3 Å². The quantitative estimate of drug-likeness (QED) is 0.726. The second kappa shape index (κ2) is 5.70. The second-order valence-electron chi connectivity index (χ2n) is 3.98. The van der Waals surface area contributed by atoms with E-state index in [0.29, 0.717) is 6.54 Å². The standard InChI is InChI=1S/C12H10Br2N4S/c13-9-5-8(19-12(9)14)6-15-7-11-17-16-10-3-1-2-4-18(10)11/h1-5,15H,6-7H2. The number of hydrogen-bond donors (Lipinski definition) is 1. The number of hydrogen-bond acceptors (Lipinski definition) is 4. The molecule has 19 heavy (non-hydrogen) atoms. The molecule has 98 valence electrons. The van der Waals surface area contributed by atoms with Crippen LogP contribution < -0.4 is 5.32 Å². The fraction of sp³-hybridized carbons (Fsp3) is 0.167. The van der Waals surface area contributed by atoms with Gasteiger partial charge in [-0.1, -0.05) is 6.07 Å². The van der Waals surface area contributed by atoms with Gasteiger partial charge in [0.25, 0.3) is 0 Å². The Kier molecular flexibility index (Phi) is 3.97. The van der Waals surface area contributed by atoms with Crippen LogP contribution in [0.25, 0.3) is 5.65 Å². The molecule has 0 aliphatic carbocycles. The maximum Gasteiger partial charge on any atom is 0.160 e. The van der Waals surface area contributed by atoms with Crippen LogP contribution in [-0.2, 0) is 13.1 Å². The molecular formula is C12H10Br2N4S. The molecule has 0 aliphatic rings. The zero-order chi connectivity index (χ0) is 13.2. The first-order valence-corrected chi connectivity index (χ1v) is 8.07. The van der Waals surface area contributed by atoms with E-state index < -0.39 is 0 Å². The van der Waals surface area contributed by atoms with Crippen LogP contribution in [-0.4, -0.2) is 14.6 Å². The third-order valence-electron chi connectivity index (χ3n) is 2.66. The number of rotatable bonds is 4. The summed E-state index contributed by atoms with van der Waals surface area (Å²) in [5, 5.41) is 11.7. The minimum atomic E-state index is 0.693. The number of aromatic nitrogens is 3. The van der Waals surface area contributed by atoms with E-state index in [4.69, 9.17) is 0 Å².